The van der Waals surface area contributed by atoms with Gasteiger partial charge in [-0.2, -0.15) is 0 Å². The second-order valence-electron chi connectivity index (χ2n) is 5.68. The van der Waals surface area contributed by atoms with E-state index in [-0.39, 0.29) is 30.0 Å². The molecule has 0 aliphatic heterocycles. The third-order valence-electron chi connectivity index (χ3n) is 3.64. The Morgan fingerprint density at radius 1 is 1.41 bits per heavy atom. The maximum Gasteiger partial charge on any atom is 0.272 e. The third-order valence-corrected chi connectivity index (χ3v) is 3.64. The van der Waals surface area contributed by atoms with E-state index in [1.165, 1.54) is 12.1 Å². The summed E-state index contributed by atoms with van der Waals surface area (Å²) in [6.45, 7) is 6.29. The van der Waals surface area contributed by atoms with Crippen molar-refractivity contribution in [1.29, 1.82) is 0 Å². The summed E-state index contributed by atoms with van der Waals surface area (Å²) < 4.78 is 0. The van der Waals surface area contributed by atoms with Crippen molar-refractivity contribution < 1.29 is 9.72 Å². The molecule has 0 spiro atoms. The van der Waals surface area contributed by atoms with E-state index < -0.39 is 4.92 Å². The maximum absolute atomic E-state index is 12.3. The number of benzene rings is 1. The summed E-state index contributed by atoms with van der Waals surface area (Å²) in [6, 6.07) is 4.47. The van der Waals surface area contributed by atoms with Gasteiger partial charge < -0.3 is 10.6 Å². The van der Waals surface area contributed by atoms with Crippen molar-refractivity contribution in [1.82, 2.24) is 4.90 Å². The van der Waals surface area contributed by atoms with Crippen LogP contribution in [0.5, 0.6) is 0 Å². The number of nitrogens with two attached hydrogens (primary N) is 1. The molecule has 0 aromatic heterocycles. The molecule has 0 fully saturated rings. The van der Waals surface area contributed by atoms with E-state index in [9.17, 15) is 14.9 Å². The van der Waals surface area contributed by atoms with E-state index >= 15 is 0 Å². The summed E-state index contributed by atoms with van der Waals surface area (Å²) in [5.41, 5.74) is 6.93. The Hall–Kier alpha value is -1.66. The van der Waals surface area contributed by atoms with Crippen LogP contribution in [-0.4, -0.2) is 35.4 Å². The van der Waals surface area contributed by atoms with Crippen LogP contribution >= 0.6 is 12.4 Å². The first kappa shape index (κ1) is 20.3. The van der Waals surface area contributed by atoms with Gasteiger partial charge in [-0.3, -0.25) is 14.9 Å². The molecule has 1 aromatic rings. The number of hydrogen-bond donors (Lipinski definition) is 1. The van der Waals surface area contributed by atoms with E-state index in [4.69, 9.17) is 5.73 Å². The van der Waals surface area contributed by atoms with Crippen LogP contribution in [0, 0.1) is 23.0 Å². The SMILES string of the molecule is Cc1cc(C(=O)N(C)CCC(N)C(C)C)ccc1[N+](=O)[O-].Cl. The molecule has 1 rings (SSSR count). The third kappa shape index (κ3) is 5.27. The Labute approximate surface area is 137 Å². The average molecular weight is 330 g/mol. The summed E-state index contributed by atoms with van der Waals surface area (Å²) >= 11 is 0. The number of rotatable bonds is 6. The fourth-order valence-corrected chi connectivity index (χ4v) is 1.99. The molecule has 0 saturated heterocycles. The minimum Gasteiger partial charge on any atom is -0.342 e. The van der Waals surface area contributed by atoms with Crippen molar-refractivity contribution in [2.24, 2.45) is 11.7 Å². The topological polar surface area (TPSA) is 89.5 Å². The number of nitro groups is 1. The number of amides is 1. The van der Waals surface area contributed by atoms with Gasteiger partial charge in [0.15, 0.2) is 0 Å². The van der Waals surface area contributed by atoms with Gasteiger partial charge in [-0.25, -0.2) is 0 Å². The highest BCUT2D eigenvalue weighted by molar-refractivity contribution is 5.94. The van der Waals surface area contributed by atoms with Gasteiger partial charge in [0, 0.05) is 36.8 Å². The summed E-state index contributed by atoms with van der Waals surface area (Å²) in [7, 11) is 1.71. The van der Waals surface area contributed by atoms with Crippen molar-refractivity contribution in [3.63, 3.8) is 0 Å². The van der Waals surface area contributed by atoms with E-state index in [0.717, 1.165) is 6.42 Å². The molecule has 1 unspecified atom stereocenters. The Morgan fingerprint density at radius 3 is 2.45 bits per heavy atom. The van der Waals surface area contributed by atoms with Crippen LogP contribution in [0.25, 0.3) is 0 Å². The van der Waals surface area contributed by atoms with E-state index in [1.54, 1.807) is 24.9 Å². The quantitative estimate of drug-likeness (QED) is 0.642. The lowest BCUT2D eigenvalue weighted by Crippen LogP contribution is -2.34. The number of nitro benzene ring substituents is 1. The van der Waals surface area contributed by atoms with Gasteiger partial charge in [-0.05, 0) is 31.4 Å². The van der Waals surface area contributed by atoms with Crippen molar-refractivity contribution in [2.45, 2.75) is 33.2 Å². The predicted octanol–water partition coefficient (Wildman–Crippen LogP) is 2.77. The number of nitrogens with zero attached hydrogens (tertiary/aromatic N) is 2. The summed E-state index contributed by atoms with van der Waals surface area (Å²) in [5, 5.41) is 10.8. The molecule has 2 N–H and O–H groups in total. The molecule has 124 valence electrons. The minimum atomic E-state index is -0.449. The van der Waals surface area contributed by atoms with E-state index in [1.807, 2.05) is 13.8 Å². The first-order valence-corrected chi connectivity index (χ1v) is 7.00. The zero-order valence-electron chi connectivity index (χ0n) is 13.4. The lowest BCUT2D eigenvalue weighted by Gasteiger charge is -2.21. The van der Waals surface area contributed by atoms with Crippen molar-refractivity contribution in [3.05, 3.63) is 39.4 Å². The number of halogens is 1. The largest absolute Gasteiger partial charge is 0.342 e. The Morgan fingerprint density at radius 2 is 2.00 bits per heavy atom. The molecule has 0 radical (unpaired) electrons. The zero-order valence-corrected chi connectivity index (χ0v) is 14.2. The van der Waals surface area contributed by atoms with E-state index in [0.29, 0.717) is 23.6 Å². The highest BCUT2D eigenvalue weighted by atomic mass is 35.5. The molecular weight excluding hydrogens is 306 g/mol. The molecule has 7 heteroatoms. The van der Waals surface area contributed by atoms with Crippen LogP contribution in [0.3, 0.4) is 0 Å². The van der Waals surface area contributed by atoms with Gasteiger partial charge in [-0.15, -0.1) is 12.4 Å². The molecule has 1 aromatic carbocycles. The second-order valence-corrected chi connectivity index (χ2v) is 5.68. The fourth-order valence-electron chi connectivity index (χ4n) is 1.99. The number of aryl methyl sites for hydroxylation is 1. The molecule has 0 saturated carbocycles. The van der Waals surface area contributed by atoms with Gasteiger partial charge in [0.1, 0.15) is 0 Å². The van der Waals surface area contributed by atoms with Crippen LogP contribution in [-0.2, 0) is 0 Å². The normalized spacial score (nSPS) is 11.7. The summed E-state index contributed by atoms with van der Waals surface area (Å²) in [4.78, 5) is 24.2. The van der Waals surface area contributed by atoms with Crippen LogP contribution in [0.4, 0.5) is 5.69 Å². The van der Waals surface area contributed by atoms with Gasteiger partial charge >= 0.3 is 0 Å². The number of hydrogen-bond acceptors (Lipinski definition) is 4. The highest BCUT2D eigenvalue weighted by Crippen LogP contribution is 2.19. The fraction of sp³-hybridized carbons (Fsp3) is 0.533. The van der Waals surface area contributed by atoms with Gasteiger partial charge in [0.25, 0.3) is 11.6 Å². The molecule has 0 heterocycles. The monoisotopic (exact) mass is 329 g/mol. The lowest BCUT2D eigenvalue weighted by atomic mass is 10.0. The first-order valence-electron chi connectivity index (χ1n) is 7.00. The standard InChI is InChI=1S/C15H23N3O3.ClH/c1-10(2)13(16)7-8-17(4)15(19)12-5-6-14(18(20)21)11(3)9-12;/h5-6,9-10,13H,7-8,16H2,1-4H3;1H. The molecule has 1 atom stereocenters. The maximum atomic E-state index is 12.3. The Balaban J connectivity index is 0.00000441. The molecule has 6 nitrogen and oxygen atoms in total. The van der Waals surface area contributed by atoms with Gasteiger partial charge in [0.2, 0.25) is 0 Å². The van der Waals surface area contributed by atoms with Gasteiger partial charge in [0.05, 0.1) is 4.92 Å². The molecule has 0 bridgehead atoms. The van der Waals surface area contributed by atoms with Crippen molar-refractivity contribution in [2.75, 3.05) is 13.6 Å². The Kier molecular flexibility index (Phi) is 8.05. The molecule has 1 amide bonds. The zero-order chi connectivity index (χ0) is 16.2. The lowest BCUT2D eigenvalue weighted by molar-refractivity contribution is -0.385. The summed E-state index contributed by atoms with van der Waals surface area (Å²) in [6.07, 6.45) is 0.728. The van der Waals surface area contributed by atoms with Crippen LogP contribution in [0.2, 0.25) is 0 Å². The van der Waals surface area contributed by atoms with Crippen molar-refractivity contribution >= 4 is 24.0 Å². The molecule has 22 heavy (non-hydrogen) atoms. The van der Waals surface area contributed by atoms with E-state index in [2.05, 4.69) is 0 Å². The van der Waals surface area contributed by atoms with Crippen LogP contribution in [0.1, 0.15) is 36.2 Å². The first-order chi connectivity index (χ1) is 9.73. The summed E-state index contributed by atoms with van der Waals surface area (Å²) in [5.74, 6) is 0.221. The van der Waals surface area contributed by atoms with Crippen LogP contribution < -0.4 is 5.73 Å². The molecule has 0 aliphatic carbocycles. The molecular formula is C15H24ClN3O3. The smallest absolute Gasteiger partial charge is 0.272 e. The van der Waals surface area contributed by atoms with Crippen molar-refractivity contribution in [3.8, 4) is 0 Å². The second kappa shape index (κ2) is 8.70. The molecule has 0 aliphatic rings. The number of carbonyl (C=O) groups is 1. The highest BCUT2D eigenvalue weighted by Gasteiger charge is 2.17. The average Bonchev–Trinajstić information content (AvgIpc) is 2.42. The van der Waals surface area contributed by atoms with Crippen LogP contribution in [0.15, 0.2) is 18.2 Å². The predicted molar refractivity (Wildman–Crippen MR) is 89.5 cm³/mol. The Bertz CT molecular complexity index is 535. The van der Waals surface area contributed by atoms with Gasteiger partial charge in [-0.1, -0.05) is 13.8 Å². The number of carbonyl (C=O) groups excluding carboxylic acids is 1. The minimum absolute atomic E-state index is 0.